The highest BCUT2D eigenvalue weighted by molar-refractivity contribution is 6.00. The SMILES string of the molecule is COCCOc1ccc(N2CCC3(CCC(O)CC3)C2=O)cc1. The number of methoxy groups -OCH3 is 1. The molecule has 1 saturated carbocycles. The highest BCUT2D eigenvalue weighted by Gasteiger charge is 2.48. The average molecular weight is 319 g/mol. The molecule has 0 radical (unpaired) electrons. The molecule has 2 aliphatic rings. The summed E-state index contributed by atoms with van der Waals surface area (Å²) < 4.78 is 10.5. The van der Waals surface area contributed by atoms with Crippen molar-refractivity contribution >= 4 is 11.6 Å². The Morgan fingerprint density at radius 3 is 2.52 bits per heavy atom. The highest BCUT2D eigenvalue weighted by atomic mass is 16.5. The second-order valence-corrected chi connectivity index (χ2v) is 6.55. The molecule has 1 aliphatic carbocycles. The van der Waals surface area contributed by atoms with Gasteiger partial charge in [0.05, 0.1) is 18.1 Å². The fourth-order valence-corrected chi connectivity index (χ4v) is 3.65. The van der Waals surface area contributed by atoms with Gasteiger partial charge in [0, 0.05) is 19.3 Å². The first-order valence-corrected chi connectivity index (χ1v) is 8.36. The summed E-state index contributed by atoms with van der Waals surface area (Å²) in [7, 11) is 1.64. The molecule has 1 saturated heterocycles. The van der Waals surface area contributed by atoms with E-state index in [0.717, 1.165) is 50.1 Å². The number of hydrogen-bond acceptors (Lipinski definition) is 4. The number of amides is 1. The Morgan fingerprint density at radius 1 is 1.17 bits per heavy atom. The molecule has 1 aromatic carbocycles. The van der Waals surface area contributed by atoms with Crippen LogP contribution in [0.1, 0.15) is 32.1 Å². The summed E-state index contributed by atoms with van der Waals surface area (Å²) in [5, 5.41) is 9.69. The lowest BCUT2D eigenvalue weighted by Gasteiger charge is -2.33. The van der Waals surface area contributed by atoms with Crippen molar-refractivity contribution < 1.29 is 19.4 Å². The van der Waals surface area contributed by atoms with Gasteiger partial charge >= 0.3 is 0 Å². The number of aliphatic hydroxyl groups is 1. The van der Waals surface area contributed by atoms with Gasteiger partial charge in [0.25, 0.3) is 0 Å². The molecule has 0 unspecified atom stereocenters. The lowest BCUT2D eigenvalue weighted by atomic mass is 9.72. The summed E-state index contributed by atoms with van der Waals surface area (Å²) in [6, 6.07) is 7.68. The van der Waals surface area contributed by atoms with E-state index < -0.39 is 0 Å². The van der Waals surface area contributed by atoms with Gasteiger partial charge in [0.15, 0.2) is 0 Å². The number of carbonyl (C=O) groups is 1. The van der Waals surface area contributed by atoms with E-state index in [1.54, 1.807) is 7.11 Å². The largest absolute Gasteiger partial charge is 0.491 e. The molecule has 126 valence electrons. The van der Waals surface area contributed by atoms with E-state index in [9.17, 15) is 9.90 Å². The van der Waals surface area contributed by atoms with Crippen LogP contribution in [0.25, 0.3) is 0 Å². The normalized spacial score (nSPS) is 27.7. The van der Waals surface area contributed by atoms with Gasteiger partial charge < -0.3 is 19.5 Å². The Morgan fingerprint density at radius 2 is 1.87 bits per heavy atom. The third kappa shape index (κ3) is 3.35. The summed E-state index contributed by atoms with van der Waals surface area (Å²) in [6.45, 7) is 1.84. The first-order chi connectivity index (χ1) is 11.1. The Labute approximate surface area is 137 Å². The van der Waals surface area contributed by atoms with Crippen LogP contribution >= 0.6 is 0 Å². The zero-order valence-electron chi connectivity index (χ0n) is 13.7. The summed E-state index contributed by atoms with van der Waals surface area (Å²) >= 11 is 0. The van der Waals surface area contributed by atoms with Crippen molar-refractivity contribution in [3.63, 3.8) is 0 Å². The molecular weight excluding hydrogens is 294 g/mol. The third-order valence-corrected chi connectivity index (χ3v) is 5.13. The lowest BCUT2D eigenvalue weighted by Crippen LogP contribution is -2.38. The van der Waals surface area contributed by atoms with Crippen molar-refractivity contribution in [2.45, 2.75) is 38.2 Å². The standard InChI is InChI=1S/C18H25NO4/c1-22-12-13-23-16-4-2-14(3-5-16)19-11-10-18(17(19)21)8-6-15(20)7-9-18/h2-5,15,20H,6-13H2,1H3. The van der Waals surface area contributed by atoms with Crippen molar-refractivity contribution in [1.29, 1.82) is 0 Å². The van der Waals surface area contributed by atoms with Crippen LogP contribution in [0.2, 0.25) is 0 Å². The highest BCUT2D eigenvalue weighted by Crippen LogP contribution is 2.46. The van der Waals surface area contributed by atoms with Crippen LogP contribution in [0, 0.1) is 5.41 Å². The minimum Gasteiger partial charge on any atom is -0.491 e. The van der Waals surface area contributed by atoms with E-state index in [0.29, 0.717) is 13.2 Å². The lowest BCUT2D eigenvalue weighted by molar-refractivity contribution is -0.128. The second-order valence-electron chi connectivity index (χ2n) is 6.55. The van der Waals surface area contributed by atoms with Crippen molar-refractivity contribution in [3.05, 3.63) is 24.3 Å². The number of benzene rings is 1. The van der Waals surface area contributed by atoms with E-state index in [1.165, 1.54) is 0 Å². The van der Waals surface area contributed by atoms with Gasteiger partial charge in [-0.25, -0.2) is 0 Å². The first-order valence-electron chi connectivity index (χ1n) is 8.36. The van der Waals surface area contributed by atoms with Gasteiger partial charge in [-0.3, -0.25) is 4.79 Å². The third-order valence-electron chi connectivity index (χ3n) is 5.13. The first kappa shape index (κ1) is 16.3. The zero-order valence-corrected chi connectivity index (χ0v) is 13.7. The number of nitrogens with zero attached hydrogens (tertiary/aromatic N) is 1. The van der Waals surface area contributed by atoms with Crippen molar-refractivity contribution in [3.8, 4) is 5.75 Å². The van der Waals surface area contributed by atoms with Crippen LogP contribution in [0.5, 0.6) is 5.75 Å². The van der Waals surface area contributed by atoms with Gasteiger partial charge in [-0.05, 0) is 56.4 Å². The van der Waals surface area contributed by atoms with Crippen molar-refractivity contribution in [1.82, 2.24) is 0 Å². The predicted molar refractivity (Wildman–Crippen MR) is 87.7 cm³/mol. The van der Waals surface area contributed by atoms with Crippen molar-refractivity contribution in [2.24, 2.45) is 5.41 Å². The molecule has 1 spiro atoms. The predicted octanol–water partition coefficient (Wildman–Crippen LogP) is 2.37. The van der Waals surface area contributed by atoms with Crippen LogP contribution in [0.3, 0.4) is 0 Å². The van der Waals surface area contributed by atoms with E-state index in [1.807, 2.05) is 29.2 Å². The molecule has 3 rings (SSSR count). The molecule has 23 heavy (non-hydrogen) atoms. The Hall–Kier alpha value is -1.59. The quantitative estimate of drug-likeness (QED) is 0.847. The number of anilines is 1. The second kappa shape index (κ2) is 6.89. The molecule has 0 atom stereocenters. The smallest absolute Gasteiger partial charge is 0.233 e. The van der Waals surface area contributed by atoms with Crippen LogP contribution < -0.4 is 9.64 Å². The molecule has 1 amide bonds. The molecule has 2 fully saturated rings. The molecule has 0 aromatic heterocycles. The fraction of sp³-hybridized carbons (Fsp3) is 0.611. The Kier molecular flexibility index (Phi) is 4.87. The monoisotopic (exact) mass is 319 g/mol. The van der Waals surface area contributed by atoms with Crippen LogP contribution in [-0.2, 0) is 9.53 Å². The van der Waals surface area contributed by atoms with Crippen LogP contribution in [0.4, 0.5) is 5.69 Å². The Bertz CT molecular complexity index is 534. The maximum Gasteiger partial charge on any atom is 0.233 e. The summed E-state index contributed by atoms with van der Waals surface area (Å²) in [6.07, 6.45) is 3.76. The van der Waals surface area contributed by atoms with Gasteiger partial charge in [-0.15, -0.1) is 0 Å². The van der Waals surface area contributed by atoms with Crippen LogP contribution in [0.15, 0.2) is 24.3 Å². The molecule has 1 aromatic rings. The van der Waals surface area contributed by atoms with E-state index in [2.05, 4.69) is 0 Å². The number of carbonyl (C=O) groups excluding carboxylic acids is 1. The maximum atomic E-state index is 12.9. The summed E-state index contributed by atoms with van der Waals surface area (Å²) in [5.41, 5.74) is 0.685. The topological polar surface area (TPSA) is 59.0 Å². The van der Waals surface area contributed by atoms with Crippen molar-refractivity contribution in [2.75, 3.05) is 31.8 Å². The van der Waals surface area contributed by atoms with E-state index >= 15 is 0 Å². The molecule has 1 heterocycles. The zero-order chi connectivity index (χ0) is 16.3. The minimum atomic E-state index is -0.243. The van der Waals surface area contributed by atoms with E-state index in [4.69, 9.17) is 9.47 Å². The van der Waals surface area contributed by atoms with Gasteiger partial charge in [0.1, 0.15) is 12.4 Å². The molecule has 1 aliphatic heterocycles. The molecule has 5 heteroatoms. The summed E-state index contributed by atoms with van der Waals surface area (Å²) in [5.74, 6) is 1.00. The number of rotatable bonds is 5. The fourth-order valence-electron chi connectivity index (χ4n) is 3.65. The average Bonchev–Trinajstić information content (AvgIpc) is 2.88. The summed E-state index contributed by atoms with van der Waals surface area (Å²) in [4.78, 5) is 14.8. The molecule has 1 N–H and O–H groups in total. The minimum absolute atomic E-state index is 0.220. The number of hydrogen-bond donors (Lipinski definition) is 1. The van der Waals surface area contributed by atoms with Crippen LogP contribution in [-0.4, -0.2) is 44.0 Å². The number of ether oxygens (including phenoxy) is 2. The molecular formula is C18H25NO4. The van der Waals surface area contributed by atoms with Gasteiger partial charge in [-0.1, -0.05) is 0 Å². The Balaban J connectivity index is 1.65. The van der Waals surface area contributed by atoms with Gasteiger partial charge in [0.2, 0.25) is 5.91 Å². The number of aliphatic hydroxyl groups excluding tert-OH is 1. The molecule has 0 bridgehead atoms. The van der Waals surface area contributed by atoms with E-state index in [-0.39, 0.29) is 17.4 Å². The molecule has 5 nitrogen and oxygen atoms in total. The maximum absolute atomic E-state index is 12.9. The van der Waals surface area contributed by atoms with Gasteiger partial charge in [-0.2, -0.15) is 0 Å².